The smallest absolute Gasteiger partial charge is 0.321 e. The fourth-order valence-corrected chi connectivity index (χ4v) is 2.75. The number of anilines is 2. The van der Waals surface area contributed by atoms with Gasteiger partial charge in [0.05, 0.1) is 23.8 Å². The number of benzene rings is 1. The van der Waals surface area contributed by atoms with E-state index in [1.54, 1.807) is 36.9 Å². The van der Waals surface area contributed by atoms with E-state index in [-0.39, 0.29) is 11.9 Å². The molecule has 9 heteroatoms. The number of aromatic nitrogens is 5. The maximum absolute atomic E-state index is 12.4. The molecule has 4 aromatic rings. The summed E-state index contributed by atoms with van der Waals surface area (Å²) in [6.07, 6.45) is 10.9. The SMILES string of the molecule is O=C(Nc1ccc(NCCCn2ccnc2)nc1)c1cnc(Oc2ccccc2)nc1. The number of ether oxygens (including phenoxy) is 1. The topological polar surface area (TPSA) is 107 Å². The number of hydrogen-bond acceptors (Lipinski definition) is 7. The zero-order valence-electron chi connectivity index (χ0n) is 16.7. The van der Waals surface area contributed by atoms with Gasteiger partial charge in [-0.05, 0) is 30.7 Å². The number of nitrogens with zero attached hydrogens (tertiary/aromatic N) is 5. The molecule has 0 aliphatic heterocycles. The van der Waals surface area contributed by atoms with Crippen molar-refractivity contribution in [3.05, 3.63) is 85.3 Å². The van der Waals surface area contributed by atoms with Crippen LogP contribution in [0.3, 0.4) is 0 Å². The van der Waals surface area contributed by atoms with Crippen LogP contribution in [0.1, 0.15) is 16.8 Å². The number of amides is 1. The van der Waals surface area contributed by atoms with Crippen molar-refractivity contribution in [2.75, 3.05) is 17.2 Å². The van der Waals surface area contributed by atoms with Crippen molar-refractivity contribution < 1.29 is 9.53 Å². The molecule has 9 nitrogen and oxygen atoms in total. The Morgan fingerprint density at radius 1 is 1.00 bits per heavy atom. The van der Waals surface area contributed by atoms with Crippen LogP contribution in [0.5, 0.6) is 11.8 Å². The van der Waals surface area contributed by atoms with Gasteiger partial charge >= 0.3 is 6.01 Å². The fourth-order valence-electron chi connectivity index (χ4n) is 2.75. The number of pyridine rings is 1. The molecule has 0 saturated heterocycles. The lowest BCUT2D eigenvalue weighted by Gasteiger charge is -2.08. The highest BCUT2D eigenvalue weighted by Gasteiger charge is 2.09. The van der Waals surface area contributed by atoms with E-state index in [2.05, 4.69) is 30.6 Å². The molecule has 4 rings (SSSR count). The second-order valence-electron chi connectivity index (χ2n) is 6.64. The van der Waals surface area contributed by atoms with E-state index in [9.17, 15) is 4.79 Å². The van der Waals surface area contributed by atoms with Gasteiger partial charge in [0.2, 0.25) is 0 Å². The van der Waals surface area contributed by atoms with Gasteiger partial charge in [-0.3, -0.25) is 4.79 Å². The molecular weight excluding hydrogens is 394 g/mol. The van der Waals surface area contributed by atoms with Crippen molar-refractivity contribution in [3.63, 3.8) is 0 Å². The summed E-state index contributed by atoms with van der Waals surface area (Å²) in [5.41, 5.74) is 0.903. The number of imidazole rings is 1. The molecule has 0 bridgehead atoms. The van der Waals surface area contributed by atoms with Crippen LogP contribution in [0.15, 0.2) is 79.8 Å². The zero-order chi connectivity index (χ0) is 21.3. The highest BCUT2D eigenvalue weighted by molar-refractivity contribution is 6.03. The molecule has 1 aromatic carbocycles. The second-order valence-corrected chi connectivity index (χ2v) is 6.64. The molecule has 0 atom stereocenters. The molecular formula is C22H21N7O2. The van der Waals surface area contributed by atoms with Gasteiger partial charge in [-0.15, -0.1) is 0 Å². The third-order valence-corrected chi connectivity index (χ3v) is 4.32. The van der Waals surface area contributed by atoms with E-state index in [1.807, 2.05) is 35.0 Å². The number of carbonyl (C=O) groups is 1. The quantitative estimate of drug-likeness (QED) is 0.402. The average Bonchev–Trinajstić information content (AvgIpc) is 3.33. The molecule has 0 unspecified atom stereocenters. The summed E-state index contributed by atoms with van der Waals surface area (Å²) in [5.74, 6) is 1.05. The van der Waals surface area contributed by atoms with Crippen LogP contribution in [-0.2, 0) is 6.54 Å². The standard InChI is InChI=1S/C22H21N7O2/c30-21(17-13-26-22(27-14-17)31-19-5-2-1-3-6-19)28-18-7-8-20(25-15-18)24-9-4-11-29-12-10-23-16-29/h1-3,5-8,10,12-16H,4,9,11H2,(H,24,25)(H,28,30). The lowest BCUT2D eigenvalue weighted by atomic mass is 10.3. The Morgan fingerprint density at radius 3 is 2.55 bits per heavy atom. The molecule has 0 aliphatic rings. The Bertz CT molecular complexity index is 1080. The van der Waals surface area contributed by atoms with Crippen LogP contribution in [0.25, 0.3) is 0 Å². The Labute approximate surface area is 179 Å². The van der Waals surface area contributed by atoms with E-state index in [4.69, 9.17) is 4.74 Å². The van der Waals surface area contributed by atoms with Crippen LogP contribution >= 0.6 is 0 Å². The highest BCUT2D eigenvalue weighted by atomic mass is 16.5. The van der Waals surface area contributed by atoms with Gasteiger partial charge in [-0.2, -0.15) is 0 Å². The molecule has 1 amide bonds. The van der Waals surface area contributed by atoms with Crippen LogP contribution < -0.4 is 15.4 Å². The first-order valence-corrected chi connectivity index (χ1v) is 9.78. The van der Waals surface area contributed by atoms with Crippen molar-refractivity contribution in [3.8, 4) is 11.8 Å². The number of para-hydroxylation sites is 1. The summed E-state index contributed by atoms with van der Waals surface area (Å²) in [6, 6.07) is 13.0. The molecule has 2 N–H and O–H groups in total. The number of rotatable bonds is 9. The highest BCUT2D eigenvalue weighted by Crippen LogP contribution is 2.17. The lowest BCUT2D eigenvalue weighted by Crippen LogP contribution is -2.13. The second kappa shape index (κ2) is 9.97. The minimum absolute atomic E-state index is 0.174. The van der Waals surface area contributed by atoms with Crippen LogP contribution in [0, 0.1) is 0 Å². The Kier molecular flexibility index (Phi) is 6.44. The van der Waals surface area contributed by atoms with Crippen molar-refractivity contribution in [1.29, 1.82) is 0 Å². The van der Waals surface area contributed by atoms with E-state index in [0.29, 0.717) is 17.0 Å². The molecule has 0 radical (unpaired) electrons. The van der Waals surface area contributed by atoms with Crippen LogP contribution in [0.2, 0.25) is 0 Å². The minimum Gasteiger partial charge on any atom is -0.424 e. The van der Waals surface area contributed by atoms with Gasteiger partial charge in [-0.25, -0.2) is 19.9 Å². The van der Waals surface area contributed by atoms with E-state index in [0.717, 1.165) is 25.3 Å². The van der Waals surface area contributed by atoms with Gasteiger partial charge in [0.25, 0.3) is 5.91 Å². The fraction of sp³-hybridized carbons (Fsp3) is 0.136. The summed E-state index contributed by atoms with van der Waals surface area (Å²) in [5, 5.41) is 6.03. The average molecular weight is 415 g/mol. The Morgan fingerprint density at radius 2 is 1.84 bits per heavy atom. The minimum atomic E-state index is -0.325. The maximum Gasteiger partial charge on any atom is 0.321 e. The van der Waals surface area contributed by atoms with Crippen LogP contribution in [0.4, 0.5) is 11.5 Å². The monoisotopic (exact) mass is 415 g/mol. The van der Waals surface area contributed by atoms with Crippen molar-refractivity contribution in [2.24, 2.45) is 0 Å². The molecule has 0 aliphatic carbocycles. The zero-order valence-corrected chi connectivity index (χ0v) is 16.7. The van der Waals surface area contributed by atoms with E-state index in [1.165, 1.54) is 12.4 Å². The molecule has 31 heavy (non-hydrogen) atoms. The largest absolute Gasteiger partial charge is 0.424 e. The third-order valence-electron chi connectivity index (χ3n) is 4.32. The van der Waals surface area contributed by atoms with Crippen LogP contribution in [-0.4, -0.2) is 37.0 Å². The van der Waals surface area contributed by atoms with Gasteiger partial charge in [0.1, 0.15) is 11.6 Å². The predicted octanol–water partition coefficient (Wildman–Crippen LogP) is 3.61. The molecule has 0 fully saturated rings. The molecule has 0 spiro atoms. The summed E-state index contributed by atoms with van der Waals surface area (Å²) < 4.78 is 7.56. The summed E-state index contributed by atoms with van der Waals surface area (Å²) in [7, 11) is 0. The summed E-state index contributed by atoms with van der Waals surface area (Å²) >= 11 is 0. The van der Waals surface area contributed by atoms with Gasteiger partial charge in [0, 0.05) is 37.9 Å². The first-order chi connectivity index (χ1) is 15.3. The molecule has 3 heterocycles. The summed E-state index contributed by atoms with van der Waals surface area (Å²) in [4.78, 5) is 28.9. The normalized spacial score (nSPS) is 10.5. The van der Waals surface area contributed by atoms with Gasteiger partial charge in [-0.1, -0.05) is 18.2 Å². The predicted molar refractivity (Wildman–Crippen MR) is 116 cm³/mol. The molecule has 0 saturated carbocycles. The molecule has 156 valence electrons. The number of carbonyl (C=O) groups excluding carboxylic acids is 1. The van der Waals surface area contributed by atoms with Crippen molar-refractivity contribution in [2.45, 2.75) is 13.0 Å². The maximum atomic E-state index is 12.4. The van der Waals surface area contributed by atoms with E-state index >= 15 is 0 Å². The number of hydrogen-bond donors (Lipinski definition) is 2. The first kappa shape index (κ1) is 20.0. The van der Waals surface area contributed by atoms with E-state index < -0.39 is 0 Å². The Balaban J connectivity index is 1.25. The third kappa shape index (κ3) is 5.86. The summed E-state index contributed by atoms with van der Waals surface area (Å²) in [6.45, 7) is 1.67. The first-order valence-electron chi connectivity index (χ1n) is 9.78. The number of aryl methyl sites for hydroxylation is 1. The molecule has 3 aromatic heterocycles. The van der Waals surface area contributed by atoms with Crippen molar-refractivity contribution >= 4 is 17.4 Å². The Hall–Kier alpha value is -4.27. The van der Waals surface area contributed by atoms with Crippen molar-refractivity contribution in [1.82, 2.24) is 24.5 Å². The number of nitrogens with one attached hydrogen (secondary N) is 2. The lowest BCUT2D eigenvalue weighted by molar-refractivity contribution is 0.102. The van der Waals surface area contributed by atoms with Gasteiger partial charge < -0.3 is 19.9 Å². The van der Waals surface area contributed by atoms with Gasteiger partial charge in [0.15, 0.2) is 0 Å².